The first-order valence-electron chi connectivity index (χ1n) is 11.1. The molecule has 0 aliphatic heterocycles. The van der Waals surface area contributed by atoms with Crippen molar-refractivity contribution in [2.45, 2.75) is 64.1 Å². The Kier molecular flexibility index (Phi) is 7.57. The van der Waals surface area contributed by atoms with Crippen LogP contribution < -0.4 is 10.0 Å². The molecule has 182 valence electrons. The summed E-state index contributed by atoms with van der Waals surface area (Å²) in [5.74, 6) is -0.556. The van der Waals surface area contributed by atoms with Crippen LogP contribution in [0.3, 0.4) is 0 Å². The number of rotatable bonds is 8. The second kappa shape index (κ2) is 10.1. The average molecular weight is 487 g/mol. The molecular formula is C25H31FN4O3S. The van der Waals surface area contributed by atoms with Gasteiger partial charge in [0, 0.05) is 18.8 Å². The Labute approximate surface area is 200 Å². The third kappa shape index (κ3) is 6.30. The molecule has 0 aliphatic rings. The number of benzene rings is 2. The number of nitrogens with one attached hydrogen (secondary N) is 2. The molecule has 0 saturated carbocycles. The fraction of sp³-hybridized carbons (Fsp3) is 0.360. The lowest BCUT2D eigenvalue weighted by Crippen LogP contribution is -2.27. The first-order valence-corrected chi connectivity index (χ1v) is 12.6. The molecule has 7 nitrogen and oxygen atoms in total. The zero-order valence-corrected chi connectivity index (χ0v) is 20.9. The van der Waals surface area contributed by atoms with Gasteiger partial charge in [0.15, 0.2) is 0 Å². The first kappa shape index (κ1) is 25.6. The monoisotopic (exact) mass is 486 g/mol. The van der Waals surface area contributed by atoms with Crippen LogP contribution in [0.15, 0.2) is 59.5 Å². The predicted octanol–water partition coefficient (Wildman–Crippen LogP) is 4.31. The van der Waals surface area contributed by atoms with Crippen molar-refractivity contribution in [2.24, 2.45) is 0 Å². The van der Waals surface area contributed by atoms with Crippen LogP contribution in [0.5, 0.6) is 0 Å². The predicted molar refractivity (Wildman–Crippen MR) is 129 cm³/mol. The quantitative estimate of drug-likeness (QED) is 0.496. The van der Waals surface area contributed by atoms with Gasteiger partial charge in [0.25, 0.3) is 5.91 Å². The molecular weight excluding hydrogens is 455 g/mol. The molecule has 0 spiro atoms. The van der Waals surface area contributed by atoms with Crippen molar-refractivity contribution in [3.8, 4) is 0 Å². The molecule has 0 saturated heterocycles. The number of halogens is 1. The summed E-state index contributed by atoms with van der Waals surface area (Å²) in [7, 11) is -3.81. The summed E-state index contributed by atoms with van der Waals surface area (Å²) in [5.41, 5.74) is 2.16. The van der Waals surface area contributed by atoms with Gasteiger partial charge in [-0.15, -0.1) is 0 Å². The Hall–Kier alpha value is -3.04. The van der Waals surface area contributed by atoms with E-state index in [1.54, 1.807) is 24.3 Å². The van der Waals surface area contributed by atoms with E-state index in [0.29, 0.717) is 16.8 Å². The zero-order chi connectivity index (χ0) is 25.1. The van der Waals surface area contributed by atoms with Crippen molar-refractivity contribution < 1.29 is 17.6 Å². The smallest absolute Gasteiger partial charge is 0.272 e. The maximum Gasteiger partial charge on any atom is 0.272 e. The second-order valence-corrected chi connectivity index (χ2v) is 11.2. The van der Waals surface area contributed by atoms with E-state index in [1.807, 2.05) is 25.5 Å². The van der Waals surface area contributed by atoms with Gasteiger partial charge in [0.1, 0.15) is 11.5 Å². The minimum atomic E-state index is -3.81. The topological polar surface area (TPSA) is 93.1 Å². The maximum atomic E-state index is 13.3. The first-order chi connectivity index (χ1) is 15.9. The number of sulfonamides is 1. The standard InChI is InChI=1S/C25H31FN4O3S/c1-17(2)23-14-22(29-30(23)25(3,4)5)24(31)27-15-19-9-7-11-21(13-19)34(32,33)28-16-18-8-6-10-20(26)12-18/h6-14,17,28H,15-16H2,1-5H3,(H,27,31). The molecule has 0 fully saturated rings. The highest BCUT2D eigenvalue weighted by molar-refractivity contribution is 7.89. The van der Waals surface area contributed by atoms with Gasteiger partial charge >= 0.3 is 0 Å². The largest absolute Gasteiger partial charge is 0.347 e. The third-order valence-corrected chi connectivity index (χ3v) is 6.61. The number of nitrogens with zero attached hydrogens (tertiary/aromatic N) is 2. The van der Waals surface area contributed by atoms with Gasteiger partial charge in [0.2, 0.25) is 10.0 Å². The average Bonchev–Trinajstić information content (AvgIpc) is 3.23. The van der Waals surface area contributed by atoms with Crippen LogP contribution >= 0.6 is 0 Å². The molecule has 1 heterocycles. The van der Waals surface area contributed by atoms with E-state index in [-0.39, 0.29) is 35.3 Å². The number of carbonyl (C=O) groups is 1. The Bertz CT molecular complexity index is 1280. The number of carbonyl (C=O) groups excluding carboxylic acids is 1. The van der Waals surface area contributed by atoms with Crippen molar-refractivity contribution in [3.63, 3.8) is 0 Å². The summed E-state index contributed by atoms with van der Waals surface area (Å²) in [6.07, 6.45) is 0. The number of amides is 1. The van der Waals surface area contributed by atoms with Gasteiger partial charge in [-0.05, 0) is 68.1 Å². The maximum absolute atomic E-state index is 13.3. The highest BCUT2D eigenvalue weighted by Crippen LogP contribution is 2.23. The summed E-state index contributed by atoms with van der Waals surface area (Å²) in [5, 5.41) is 7.32. The van der Waals surface area contributed by atoms with E-state index in [2.05, 4.69) is 29.0 Å². The van der Waals surface area contributed by atoms with Crippen molar-refractivity contribution >= 4 is 15.9 Å². The SMILES string of the molecule is CC(C)c1cc(C(=O)NCc2cccc(S(=O)(=O)NCc3cccc(F)c3)c2)nn1C(C)(C)C. The number of hydrogen-bond acceptors (Lipinski definition) is 4. The molecule has 3 rings (SSSR count). The summed E-state index contributed by atoms with van der Waals surface area (Å²) < 4.78 is 43.1. The molecule has 3 aromatic rings. The third-order valence-electron chi connectivity index (χ3n) is 5.21. The molecule has 9 heteroatoms. The van der Waals surface area contributed by atoms with E-state index >= 15 is 0 Å². The molecule has 0 unspecified atom stereocenters. The number of hydrogen-bond donors (Lipinski definition) is 2. The van der Waals surface area contributed by atoms with E-state index in [9.17, 15) is 17.6 Å². The van der Waals surface area contributed by atoms with Crippen molar-refractivity contribution in [1.82, 2.24) is 19.8 Å². The van der Waals surface area contributed by atoms with Gasteiger partial charge in [-0.3, -0.25) is 9.48 Å². The highest BCUT2D eigenvalue weighted by atomic mass is 32.2. The van der Waals surface area contributed by atoms with Crippen molar-refractivity contribution in [1.29, 1.82) is 0 Å². The van der Waals surface area contributed by atoms with Crippen LogP contribution in [-0.4, -0.2) is 24.1 Å². The minimum absolute atomic E-state index is 0.0321. The van der Waals surface area contributed by atoms with E-state index in [4.69, 9.17) is 0 Å². The van der Waals surface area contributed by atoms with Gasteiger partial charge in [0.05, 0.1) is 10.4 Å². The summed E-state index contributed by atoms with van der Waals surface area (Å²) >= 11 is 0. The Morgan fingerprint density at radius 3 is 2.26 bits per heavy atom. The van der Waals surface area contributed by atoms with Crippen molar-refractivity contribution in [3.05, 3.63) is 82.9 Å². The van der Waals surface area contributed by atoms with E-state index in [1.165, 1.54) is 30.3 Å². The van der Waals surface area contributed by atoms with Crippen LogP contribution in [0, 0.1) is 5.82 Å². The van der Waals surface area contributed by atoms with E-state index < -0.39 is 15.8 Å². The van der Waals surface area contributed by atoms with Crippen LogP contribution in [-0.2, 0) is 28.7 Å². The lowest BCUT2D eigenvalue weighted by Gasteiger charge is -2.23. The van der Waals surface area contributed by atoms with Crippen molar-refractivity contribution in [2.75, 3.05) is 0 Å². The van der Waals surface area contributed by atoms with E-state index in [0.717, 1.165) is 5.69 Å². The molecule has 2 N–H and O–H groups in total. The number of aromatic nitrogens is 2. The van der Waals surface area contributed by atoms with Crippen LogP contribution in [0.2, 0.25) is 0 Å². The Morgan fingerprint density at radius 2 is 1.68 bits per heavy atom. The molecule has 0 atom stereocenters. The Balaban J connectivity index is 1.69. The normalized spacial score (nSPS) is 12.2. The fourth-order valence-electron chi connectivity index (χ4n) is 3.46. The van der Waals surface area contributed by atoms with Gasteiger partial charge in [-0.1, -0.05) is 38.1 Å². The lowest BCUT2D eigenvalue weighted by molar-refractivity contribution is 0.0944. The zero-order valence-electron chi connectivity index (χ0n) is 20.1. The molecule has 0 bridgehead atoms. The summed E-state index contributed by atoms with van der Waals surface area (Å²) in [6, 6.07) is 13.9. The molecule has 0 aliphatic carbocycles. The van der Waals surface area contributed by atoms with Crippen LogP contribution in [0.4, 0.5) is 4.39 Å². The molecule has 1 aromatic heterocycles. The molecule has 34 heavy (non-hydrogen) atoms. The second-order valence-electron chi connectivity index (χ2n) is 9.48. The summed E-state index contributed by atoms with van der Waals surface area (Å²) in [6.45, 7) is 10.3. The van der Waals surface area contributed by atoms with Gasteiger partial charge in [-0.25, -0.2) is 17.5 Å². The lowest BCUT2D eigenvalue weighted by atomic mass is 10.1. The van der Waals surface area contributed by atoms with Crippen LogP contribution in [0.25, 0.3) is 0 Å². The molecule has 0 radical (unpaired) electrons. The van der Waals surface area contributed by atoms with Gasteiger partial charge < -0.3 is 5.32 Å². The Morgan fingerprint density at radius 1 is 1.03 bits per heavy atom. The van der Waals surface area contributed by atoms with Crippen LogP contribution in [0.1, 0.15) is 67.8 Å². The molecule has 2 aromatic carbocycles. The molecule has 1 amide bonds. The minimum Gasteiger partial charge on any atom is -0.347 e. The fourth-order valence-corrected chi connectivity index (χ4v) is 4.55. The van der Waals surface area contributed by atoms with Gasteiger partial charge in [-0.2, -0.15) is 5.10 Å². The highest BCUT2D eigenvalue weighted by Gasteiger charge is 2.23. The summed E-state index contributed by atoms with van der Waals surface area (Å²) in [4.78, 5) is 12.8.